The van der Waals surface area contributed by atoms with E-state index in [4.69, 9.17) is 11.6 Å². The monoisotopic (exact) mass is 228 g/mol. The van der Waals surface area contributed by atoms with Crippen molar-refractivity contribution in [1.29, 1.82) is 0 Å². The Morgan fingerprint density at radius 1 is 1.73 bits per heavy atom. The minimum absolute atomic E-state index is 0.292. The van der Waals surface area contributed by atoms with Crippen LogP contribution in [0.2, 0.25) is 5.02 Å². The molecular weight excluding hydrogens is 216 g/mol. The molecule has 0 aliphatic heterocycles. The predicted octanol–water partition coefficient (Wildman–Crippen LogP) is 1.39. The number of esters is 1. The molecule has 0 amide bonds. The number of nitrogens with zero attached hydrogens (tertiary/aromatic N) is 1. The molecule has 4 nitrogen and oxygen atoms in total. The maximum Gasteiger partial charge on any atom is 0.322 e. The second kappa shape index (κ2) is 5.68. The third-order valence-electron chi connectivity index (χ3n) is 2.01. The molecule has 1 N–H and O–H groups in total. The zero-order valence-corrected chi connectivity index (χ0v) is 9.41. The van der Waals surface area contributed by atoms with Crippen LogP contribution in [0.25, 0.3) is 0 Å². The number of hydrogen-bond donors (Lipinski definition) is 1. The van der Waals surface area contributed by atoms with E-state index >= 15 is 0 Å². The van der Waals surface area contributed by atoms with E-state index in [0.717, 1.165) is 5.56 Å². The molecule has 0 aromatic carbocycles. The van der Waals surface area contributed by atoms with Crippen molar-refractivity contribution in [2.45, 2.75) is 19.5 Å². The van der Waals surface area contributed by atoms with E-state index < -0.39 is 0 Å². The topological polar surface area (TPSA) is 51.2 Å². The van der Waals surface area contributed by atoms with Crippen LogP contribution in [0.4, 0.5) is 0 Å². The summed E-state index contributed by atoms with van der Waals surface area (Å²) in [4.78, 5) is 15.0. The average Bonchev–Trinajstić information content (AvgIpc) is 2.26. The fourth-order valence-corrected chi connectivity index (χ4v) is 1.26. The van der Waals surface area contributed by atoms with Crippen LogP contribution in [0.1, 0.15) is 12.5 Å². The molecule has 0 bridgehead atoms. The normalized spacial score (nSPS) is 12.2. The Labute approximate surface area is 93.6 Å². The zero-order valence-electron chi connectivity index (χ0n) is 8.66. The van der Waals surface area contributed by atoms with Crippen molar-refractivity contribution in [2.24, 2.45) is 0 Å². The minimum atomic E-state index is -0.348. The van der Waals surface area contributed by atoms with Crippen molar-refractivity contribution in [3.05, 3.63) is 29.0 Å². The highest BCUT2D eigenvalue weighted by molar-refractivity contribution is 6.31. The van der Waals surface area contributed by atoms with Gasteiger partial charge in [0.15, 0.2) is 0 Å². The molecular formula is C10H13ClN2O2. The van der Waals surface area contributed by atoms with Gasteiger partial charge < -0.3 is 10.1 Å². The average molecular weight is 229 g/mol. The molecule has 0 aliphatic rings. The molecule has 1 heterocycles. The molecule has 0 aliphatic carbocycles. The Balaban J connectivity index is 2.50. The van der Waals surface area contributed by atoms with Gasteiger partial charge in [0, 0.05) is 18.9 Å². The first-order valence-electron chi connectivity index (χ1n) is 4.54. The van der Waals surface area contributed by atoms with Crippen LogP contribution in [0.15, 0.2) is 18.5 Å². The highest BCUT2D eigenvalue weighted by Gasteiger charge is 2.12. The third kappa shape index (κ3) is 3.49. The number of carbonyl (C=O) groups is 1. The third-order valence-corrected chi connectivity index (χ3v) is 2.35. The van der Waals surface area contributed by atoms with E-state index in [1.165, 1.54) is 7.11 Å². The lowest BCUT2D eigenvalue weighted by molar-refractivity contribution is -0.142. The molecule has 5 heteroatoms. The van der Waals surface area contributed by atoms with Gasteiger partial charge in [-0.15, -0.1) is 0 Å². The van der Waals surface area contributed by atoms with Crippen molar-refractivity contribution in [2.75, 3.05) is 7.11 Å². The summed E-state index contributed by atoms with van der Waals surface area (Å²) in [6, 6.07) is 1.46. The van der Waals surface area contributed by atoms with Gasteiger partial charge in [-0.1, -0.05) is 11.6 Å². The number of nitrogens with one attached hydrogen (secondary N) is 1. The summed E-state index contributed by atoms with van der Waals surface area (Å²) in [5.74, 6) is -0.292. The van der Waals surface area contributed by atoms with Crippen LogP contribution in [0.3, 0.4) is 0 Å². The standard InChI is InChI=1S/C10H13ClN2O2/c1-7(10(14)15-2)13-5-8-3-4-12-6-9(8)11/h3-4,6-7,13H,5H2,1-2H3. The second-order valence-electron chi connectivity index (χ2n) is 3.09. The Hall–Kier alpha value is -1.13. The van der Waals surface area contributed by atoms with Gasteiger partial charge in [0.05, 0.1) is 12.1 Å². The van der Waals surface area contributed by atoms with E-state index in [1.54, 1.807) is 25.4 Å². The summed E-state index contributed by atoms with van der Waals surface area (Å²) in [5, 5.41) is 3.59. The minimum Gasteiger partial charge on any atom is -0.468 e. The largest absolute Gasteiger partial charge is 0.468 e. The fourth-order valence-electron chi connectivity index (χ4n) is 1.07. The van der Waals surface area contributed by atoms with Gasteiger partial charge in [-0.2, -0.15) is 0 Å². The number of ether oxygens (including phenoxy) is 1. The number of carbonyl (C=O) groups excluding carboxylic acids is 1. The Kier molecular flexibility index (Phi) is 4.52. The van der Waals surface area contributed by atoms with Gasteiger partial charge in [-0.3, -0.25) is 9.78 Å². The number of halogens is 1. The fraction of sp³-hybridized carbons (Fsp3) is 0.400. The maximum atomic E-state index is 11.1. The molecule has 0 saturated heterocycles. The lowest BCUT2D eigenvalue weighted by Crippen LogP contribution is -2.34. The van der Waals surface area contributed by atoms with Crippen molar-refractivity contribution < 1.29 is 9.53 Å². The number of aromatic nitrogens is 1. The molecule has 0 saturated carbocycles. The summed E-state index contributed by atoms with van der Waals surface area (Å²) in [7, 11) is 1.36. The summed E-state index contributed by atoms with van der Waals surface area (Å²) < 4.78 is 4.58. The first-order chi connectivity index (χ1) is 7.15. The molecule has 82 valence electrons. The number of pyridine rings is 1. The predicted molar refractivity (Wildman–Crippen MR) is 57.6 cm³/mol. The van der Waals surface area contributed by atoms with Crippen molar-refractivity contribution in [3.8, 4) is 0 Å². The number of methoxy groups -OCH3 is 1. The molecule has 0 spiro atoms. The van der Waals surface area contributed by atoms with Crippen LogP contribution < -0.4 is 5.32 Å². The number of rotatable bonds is 4. The highest BCUT2D eigenvalue weighted by atomic mass is 35.5. The smallest absolute Gasteiger partial charge is 0.322 e. The second-order valence-corrected chi connectivity index (χ2v) is 3.50. The molecule has 1 aromatic rings. The Morgan fingerprint density at radius 3 is 3.07 bits per heavy atom. The quantitative estimate of drug-likeness (QED) is 0.792. The van der Waals surface area contributed by atoms with E-state index in [-0.39, 0.29) is 12.0 Å². The van der Waals surface area contributed by atoms with Gasteiger partial charge >= 0.3 is 5.97 Å². The van der Waals surface area contributed by atoms with E-state index in [2.05, 4.69) is 15.0 Å². The summed E-state index contributed by atoms with van der Waals surface area (Å²) >= 11 is 5.90. The van der Waals surface area contributed by atoms with Crippen LogP contribution in [-0.4, -0.2) is 24.1 Å². The summed E-state index contributed by atoms with van der Waals surface area (Å²) in [5.41, 5.74) is 0.905. The van der Waals surface area contributed by atoms with Crippen LogP contribution in [0, 0.1) is 0 Å². The van der Waals surface area contributed by atoms with E-state index in [9.17, 15) is 4.79 Å². The van der Waals surface area contributed by atoms with Crippen LogP contribution in [0.5, 0.6) is 0 Å². The summed E-state index contributed by atoms with van der Waals surface area (Å²) in [6.07, 6.45) is 3.23. The molecule has 1 atom stereocenters. The van der Waals surface area contributed by atoms with E-state index in [1.807, 2.05) is 0 Å². The molecule has 15 heavy (non-hydrogen) atoms. The molecule has 1 unspecified atom stereocenters. The Morgan fingerprint density at radius 2 is 2.47 bits per heavy atom. The van der Waals surface area contributed by atoms with Gasteiger partial charge in [0.2, 0.25) is 0 Å². The maximum absolute atomic E-state index is 11.1. The first kappa shape index (κ1) is 11.9. The van der Waals surface area contributed by atoms with Gasteiger partial charge in [0.1, 0.15) is 6.04 Å². The number of hydrogen-bond acceptors (Lipinski definition) is 4. The van der Waals surface area contributed by atoms with Crippen molar-refractivity contribution in [1.82, 2.24) is 10.3 Å². The SMILES string of the molecule is COC(=O)C(C)NCc1ccncc1Cl. The molecule has 0 radical (unpaired) electrons. The van der Waals surface area contributed by atoms with Crippen molar-refractivity contribution in [3.63, 3.8) is 0 Å². The lowest BCUT2D eigenvalue weighted by atomic mass is 10.2. The summed E-state index contributed by atoms with van der Waals surface area (Å²) in [6.45, 7) is 2.25. The first-order valence-corrected chi connectivity index (χ1v) is 4.92. The van der Waals surface area contributed by atoms with Crippen LogP contribution >= 0.6 is 11.6 Å². The molecule has 0 fully saturated rings. The Bertz CT molecular complexity index is 344. The molecule has 1 aromatic heterocycles. The van der Waals surface area contributed by atoms with Gasteiger partial charge in [-0.25, -0.2) is 0 Å². The lowest BCUT2D eigenvalue weighted by Gasteiger charge is -2.11. The van der Waals surface area contributed by atoms with Crippen LogP contribution in [-0.2, 0) is 16.1 Å². The zero-order chi connectivity index (χ0) is 11.3. The van der Waals surface area contributed by atoms with Gasteiger partial charge in [0.25, 0.3) is 0 Å². The van der Waals surface area contributed by atoms with Gasteiger partial charge in [-0.05, 0) is 18.6 Å². The van der Waals surface area contributed by atoms with E-state index in [0.29, 0.717) is 11.6 Å². The van der Waals surface area contributed by atoms with Crippen molar-refractivity contribution >= 4 is 17.6 Å². The molecule has 1 rings (SSSR count). The highest BCUT2D eigenvalue weighted by Crippen LogP contribution is 2.12.